The zero-order chi connectivity index (χ0) is 16.1. The lowest BCUT2D eigenvalue weighted by molar-refractivity contribution is 0.232. The van der Waals surface area contributed by atoms with E-state index < -0.39 is 0 Å². The number of carbonyl (C=O) groups is 1. The normalized spacial score (nSPS) is 15.3. The lowest BCUT2D eigenvalue weighted by Gasteiger charge is -2.22. The van der Waals surface area contributed by atoms with Crippen LogP contribution in [0.5, 0.6) is 0 Å². The number of hydrogen-bond donors (Lipinski definition) is 2. The van der Waals surface area contributed by atoms with Crippen molar-refractivity contribution >= 4 is 17.6 Å². The van der Waals surface area contributed by atoms with E-state index in [1.807, 2.05) is 12.1 Å². The summed E-state index contributed by atoms with van der Waals surface area (Å²) in [5.41, 5.74) is 0.795. The van der Waals surface area contributed by atoms with Crippen molar-refractivity contribution in [2.45, 2.75) is 44.7 Å². The van der Waals surface area contributed by atoms with Crippen LogP contribution in [0.4, 0.5) is 4.79 Å². The SMILES string of the molecule is O=C(NCc1nnnn1-c1ccc(Cl)cc1)NC1CCCCC1. The van der Waals surface area contributed by atoms with Gasteiger partial charge in [-0.2, -0.15) is 4.68 Å². The number of tetrazole rings is 1. The van der Waals surface area contributed by atoms with Crippen LogP contribution in [0.15, 0.2) is 24.3 Å². The van der Waals surface area contributed by atoms with Gasteiger partial charge in [0.1, 0.15) is 0 Å². The first-order chi connectivity index (χ1) is 11.2. The second kappa shape index (κ2) is 7.41. The largest absolute Gasteiger partial charge is 0.335 e. The third-order valence-corrected chi connectivity index (χ3v) is 4.20. The summed E-state index contributed by atoms with van der Waals surface area (Å²) in [6.45, 7) is 0.258. The van der Waals surface area contributed by atoms with E-state index in [4.69, 9.17) is 11.6 Å². The molecular formula is C15H19ClN6O. The first kappa shape index (κ1) is 15.7. The predicted octanol–water partition coefficient (Wildman–Crippen LogP) is 2.45. The van der Waals surface area contributed by atoms with Crippen molar-refractivity contribution in [2.75, 3.05) is 0 Å². The third-order valence-electron chi connectivity index (χ3n) is 3.95. The molecule has 0 unspecified atom stereocenters. The Morgan fingerprint density at radius 1 is 1.22 bits per heavy atom. The lowest BCUT2D eigenvalue weighted by atomic mass is 9.96. The fourth-order valence-electron chi connectivity index (χ4n) is 2.74. The van der Waals surface area contributed by atoms with Crippen LogP contribution in [0.1, 0.15) is 37.9 Å². The molecule has 2 aromatic rings. The number of nitrogens with zero attached hydrogens (tertiary/aromatic N) is 4. The molecule has 0 saturated heterocycles. The maximum absolute atomic E-state index is 12.0. The summed E-state index contributed by atoms with van der Waals surface area (Å²) in [7, 11) is 0. The molecule has 1 saturated carbocycles. The summed E-state index contributed by atoms with van der Waals surface area (Å²) in [6.07, 6.45) is 5.72. The molecule has 0 spiro atoms. The summed E-state index contributed by atoms with van der Waals surface area (Å²) in [5.74, 6) is 0.561. The molecule has 1 aromatic heterocycles. The lowest BCUT2D eigenvalue weighted by Crippen LogP contribution is -2.42. The highest BCUT2D eigenvalue weighted by atomic mass is 35.5. The van der Waals surface area contributed by atoms with Gasteiger partial charge in [-0.15, -0.1) is 5.10 Å². The Morgan fingerprint density at radius 2 is 1.96 bits per heavy atom. The highest BCUT2D eigenvalue weighted by Crippen LogP contribution is 2.17. The van der Waals surface area contributed by atoms with E-state index in [0.717, 1.165) is 18.5 Å². The predicted molar refractivity (Wildman–Crippen MR) is 86.4 cm³/mol. The van der Waals surface area contributed by atoms with Crippen LogP contribution in [0, 0.1) is 0 Å². The second-order valence-corrected chi connectivity index (χ2v) is 6.08. The molecule has 122 valence electrons. The third kappa shape index (κ3) is 4.19. The summed E-state index contributed by atoms with van der Waals surface area (Å²) in [5, 5.41) is 18.0. The van der Waals surface area contributed by atoms with Gasteiger partial charge in [0, 0.05) is 11.1 Å². The van der Waals surface area contributed by atoms with Gasteiger partial charge in [0.05, 0.1) is 12.2 Å². The molecule has 23 heavy (non-hydrogen) atoms. The number of amides is 2. The van der Waals surface area contributed by atoms with E-state index in [2.05, 4.69) is 26.2 Å². The summed E-state index contributed by atoms with van der Waals surface area (Å²) >= 11 is 5.88. The maximum Gasteiger partial charge on any atom is 0.315 e. The molecular weight excluding hydrogens is 316 g/mol. The molecule has 0 radical (unpaired) electrons. The molecule has 7 nitrogen and oxygen atoms in total. The zero-order valence-corrected chi connectivity index (χ0v) is 13.5. The topological polar surface area (TPSA) is 84.7 Å². The van der Waals surface area contributed by atoms with E-state index in [9.17, 15) is 4.79 Å². The number of aromatic nitrogens is 4. The van der Waals surface area contributed by atoms with Crippen molar-refractivity contribution in [3.63, 3.8) is 0 Å². The molecule has 0 bridgehead atoms. The molecule has 2 amide bonds. The Labute approximate surface area is 139 Å². The van der Waals surface area contributed by atoms with Gasteiger partial charge in [-0.05, 0) is 47.5 Å². The minimum Gasteiger partial charge on any atom is -0.335 e. The minimum atomic E-state index is -0.178. The van der Waals surface area contributed by atoms with Gasteiger partial charge < -0.3 is 10.6 Å². The number of halogens is 1. The van der Waals surface area contributed by atoms with Crippen molar-refractivity contribution in [2.24, 2.45) is 0 Å². The van der Waals surface area contributed by atoms with Gasteiger partial charge in [-0.3, -0.25) is 0 Å². The summed E-state index contributed by atoms with van der Waals surface area (Å²) < 4.78 is 1.58. The maximum atomic E-state index is 12.0. The highest BCUT2D eigenvalue weighted by Gasteiger charge is 2.16. The van der Waals surface area contributed by atoms with E-state index >= 15 is 0 Å². The number of nitrogens with one attached hydrogen (secondary N) is 2. The molecule has 8 heteroatoms. The van der Waals surface area contributed by atoms with E-state index in [1.54, 1.807) is 16.8 Å². The quantitative estimate of drug-likeness (QED) is 0.899. The molecule has 1 fully saturated rings. The van der Waals surface area contributed by atoms with Crippen molar-refractivity contribution in [1.82, 2.24) is 30.8 Å². The molecule has 1 aliphatic rings. The number of hydrogen-bond acceptors (Lipinski definition) is 4. The second-order valence-electron chi connectivity index (χ2n) is 5.65. The molecule has 1 heterocycles. The van der Waals surface area contributed by atoms with Crippen LogP contribution < -0.4 is 10.6 Å². The van der Waals surface area contributed by atoms with Gasteiger partial charge >= 0.3 is 6.03 Å². The van der Waals surface area contributed by atoms with E-state index in [-0.39, 0.29) is 18.6 Å². The Hall–Kier alpha value is -2.15. The van der Waals surface area contributed by atoms with Gasteiger partial charge in [0.25, 0.3) is 0 Å². The minimum absolute atomic E-state index is 0.178. The monoisotopic (exact) mass is 334 g/mol. The van der Waals surface area contributed by atoms with Gasteiger partial charge in [0.2, 0.25) is 0 Å². The molecule has 1 aliphatic carbocycles. The van der Waals surface area contributed by atoms with Crippen molar-refractivity contribution in [3.8, 4) is 5.69 Å². The van der Waals surface area contributed by atoms with Gasteiger partial charge in [0.15, 0.2) is 5.82 Å². The first-order valence-electron chi connectivity index (χ1n) is 7.80. The van der Waals surface area contributed by atoms with Crippen LogP contribution in [0.25, 0.3) is 5.69 Å². The zero-order valence-electron chi connectivity index (χ0n) is 12.7. The number of urea groups is 1. The standard InChI is InChI=1S/C15H19ClN6O/c16-11-6-8-13(9-7-11)22-14(19-20-21-22)10-17-15(23)18-12-4-2-1-3-5-12/h6-9,12H,1-5,10H2,(H2,17,18,23). The van der Waals surface area contributed by atoms with Crippen LogP contribution in [-0.4, -0.2) is 32.3 Å². The van der Waals surface area contributed by atoms with Gasteiger partial charge in [-0.25, -0.2) is 4.79 Å². The fraction of sp³-hybridized carbons (Fsp3) is 0.467. The Bertz CT molecular complexity index is 650. The molecule has 0 aliphatic heterocycles. The number of benzene rings is 1. The molecule has 1 aromatic carbocycles. The fourth-order valence-corrected chi connectivity index (χ4v) is 2.87. The Kier molecular flexibility index (Phi) is 5.07. The molecule has 2 N–H and O–H groups in total. The first-order valence-corrected chi connectivity index (χ1v) is 8.18. The van der Waals surface area contributed by atoms with Crippen LogP contribution in [-0.2, 0) is 6.54 Å². The number of carbonyl (C=O) groups excluding carboxylic acids is 1. The van der Waals surface area contributed by atoms with Gasteiger partial charge in [-0.1, -0.05) is 30.9 Å². The smallest absolute Gasteiger partial charge is 0.315 e. The average molecular weight is 335 g/mol. The van der Waals surface area contributed by atoms with Crippen LogP contribution >= 0.6 is 11.6 Å². The molecule has 0 atom stereocenters. The summed E-state index contributed by atoms with van der Waals surface area (Å²) in [6, 6.07) is 7.28. The van der Waals surface area contributed by atoms with Crippen molar-refractivity contribution in [3.05, 3.63) is 35.1 Å². The highest BCUT2D eigenvalue weighted by molar-refractivity contribution is 6.30. The van der Waals surface area contributed by atoms with Crippen molar-refractivity contribution < 1.29 is 4.79 Å². The van der Waals surface area contributed by atoms with E-state index in [0.29, 0.717) is 10.8 Å². The number of rotatable bonds is 4. The van der Waals surface area contributed by atoms with Crippen LogP contribution in [0.3, 0.4) is 0 Å². The molecule has 3 rings (SSSR count). The Morgan fingerprint density at radius 3 is 2.70 bits per heavy atom. The van der Waals surface area contributed by atoms with Crippen LogP contribution in [0.2, 0.25) is 5.02 Å². The van der Waals surface area contributed by atoms with Crippen molar-refractivity contribution in [1.29, 1.82) is 0 Å². The average Bonchev–Trinajstić information content (AvgIpc) is 3.03. The Balaban J connectivity index is 1.57. The summed E-state index contributed by atoms with van der Waals surface area (Å²) in [4.78, 5) is 12.0. The van der Waals surface area contributed by atoms with E-state index in [1.165, 1.54) is 19.3 Å².